The van der Waals surface area contributed by atoms with E-state index in [-0.39, 0.29) is 11.6 Å². The van der Waals surface area contributed by atoms with Gasteiger partial charge in [0.05, 0.1) is 0 Å². The molecule has 0 aliphatic heterocycles. The van der Waals surface area contributed by atoms with Crippen LogP contribution in [0.3, 0.4) is 0 Å². The first-order valence-corrected chi connectivity index (χ1v) is 4.16. The molecule has 1 rings (SSSR count). The van der Waals surface area contributed by atoms with Gasteiger partial charge in [0.15, 0.2) is 0 Å². The van der Waals surface area contributed by atoms with Crippen LogP contribution in [0, 0.1) is 0 Å². The Morgan fingerprint density at radius 1 is 1.67 bits per heavy atom. The molecule has 0 aliphatic rings. The molecular weight excluding hydrogens is 152 g/mol. The number of hydrogen-bond donors (Lipinski definition) is 2. The second-order valence-corrected chi connectivity index (χ2v) is 2.73. The Bertz CT molecular complexity index is 293. The highest BCUT2D eigenvalue weighted by Crippen LogP contribution is 2.04. The molecule has 2 N–H and O–H groups in total. The number of aromatic amines is 1. The molecule has 12 heavy (non-hydrogen) atoms. The summed E-state index contributed by atoms with van der Waals surface area (Å²) in [7, 11) is 0. The van der Waals surface area contributed by atoms with Crippen molar-refractivity contribution in [2.45, 2.75) is 19.9 Å². The molecule has 0 saturated heterocycles. The van der Waals surface area contributed by atoms with Crippen LogP contribution in [0.15, 0.2) is 23.1 Å². The molecule has 0 saturated carbocycles. The van der Waals surface area contributed by atoms with Crippen molar-refractivity contribution in [2.24, 2.45) is 0 Å². The van der Waals surface area contributed by atoms with Crippen LogP contribution < -0.4 is 10.9 Å². The van der Waals surface area contributed by atoms with Crippen LogP contribution in [0.4, 0.5) is 0 Å². The Labute approximate surface area is 71.8 Å². The van der Waals surface area contributed by atoms with E-state index >= 15 is 0 Å². The van der Waals surface area contributed by atoms with Gasteiger partial charge < -0.3 is 10.3 Å². The summed E-state index contributed by atoms with van der Waals surface area (Å²) in [5.41, 5.74) is 0.783. The molecular formula is C9H14N2O. The number of pyridine rings is 1. The first-order chi connectivity index (χ1) is 5.75. The Balaban J connectivity index is 2.87. The quantitative estimate of drug-likeness (QED) is 0.704. The number of rotatable bonds is 3. The largest absolute Gasteiger partial charge is 0.329 e. The normalized spacial score (nSPS) is 12.8. The molecule has 3 heteroatoms. The lowest BCUT2D eigenvalue weighted by molar-refractivity contribution is 0.592. The molecule has 0 amide bonds. The van der Waals surface area contributed by atoms with Crippen molar-refractivity contribution in [1.29, 1.82) is 0 Å². The van der Waals surface area contributed by atoms with E-state index in [1.54, 1.807) is 6.20 Å². The molecule has 1 atom stereocenters. The fourth-order valence-corrected chi connectivity index (χ4v) is 1.19. The van der Waals surface area contributed by atoms with Gasteiger partial charge in [0.1, 0.15) is 0 Å². The Kier molecular flexibility index (Phi) is 3.05. The lowest BCUT2D eigenvalue weighted by Gasteiger charge is -2.10. The van der Waals surface area contributed by atoms with Gasteiger partial charge >= 0.3 is 0 Å². The molecule has 0 fully saturated rings. The maximum atomic E-state index is 11.2. The van der Waals surface area contributed by atoms with Crippen LogP contribution in [0.1, 0.15) is 25.5 Å². The molecule has 0 radical (unpaired) electrons. The van der Waals surface area contributed by atoms with Crippen molar-refractivity contribution >= 4 is 0 Å². The summed E-state index contributed by atoms with van der Waals surface area (Å²) < 4.78 is 0. The van der Waals surface area contributed by atoms with E-state index in [0.29, 0.717) is 0 Å². The van der Waals surface area contributed by atoms with Gasteiger partial charge in [-0.25, -0.2) is 0 Å². The fraction of sp³-hybridized carbons (Fsp3) is 0.444. The molecule has 3 nitrogen and oxygen atoms in total. The van der Waals surface area contributed by atoms with Crippen molar-refractivity contribution in [3.8, 4) is 0 Å². The summed E-state index contributed by atoms with van der Waals surface area (Å²) in [6, 6.07) is 3.80. The number of H-pyrrole nitrogens is 1. The zero-order valence-corrected chi connectivity index (χ0v) is 7.42. The van der Waals surface area contributed by atoms with E-state index in [1.807, 2.05) is 26.0 Å². The lowest BCUT2D eigenvalue weighted by atomic mass is 10.1. The van der Waals surface area contributed by atoms with Gasteiger partial charge in [0, 0.05) is 17.8 Å². The molecule has 1 aromatic heterocycles. The predicted molar refractivity (Wildman–Crippen MR) is 49.2 cm³/mol. The first-order valence-electron chi connectivity index (χ1n) is 4.16. The minimum absolute atomic E-state index is 0.00838. The van der Waals surface area contributed by atoms with Crippen LogP contribution in [-0.2, 0) is 0 Å². The highest BCUT2D eigenvalue weighted by Gasteiger charge is 2.05. The zero-order chi connectivity index (χ0) is 8.97. The van der Waals surface area contributed by atoms with E-state index in [9.17, 15) is 4.79 Å². The third kappa shape index (κ3) is 1.95. The van der Waals surface area contributed by atoms with Crippen LogP contribution in [0.2, 0.25) is 0 Å². The van der Waals surface area contributed by atoms with E-state index in [0.717, 1.165) is 12.1 Å². The van der Waals surface area contributed by atoms with Crippen LogP contribution >= 0.6 is 0 Å². The van der Waals surface area contributed by atoms with Crippen LogP contribution in [-0.4, -0.2) is 11.5 Å². The Morgan fingerprint density at radius 2 is 2.42 bits per heavy atom. The van der Waals surface area contributed by atoms with Crippen LogP contribution in [0.25, 0.3) is 0 Å². The lowest BCUT2D eigenvalue weighted by Crippen LogP contribution is -2.24. The topological polar surface area (TPSA) is 44.9 Å². The monoisotopic (exact) mass is 166 g/mol. The van der Waals surface area contributed by atoms with E-state index in [4.69, 9.17) is 0 Å². The number of hydrogen-bond acceptors (Lipinski definition) is 2. The molecule has 0 aliphatic carbocycles. The third-order valence-electron chi connectivity index (χ3n) is 1.83. The molecule has 1 heterocycles. The summed E-state index contributed by atoms with van der Waals surface area (Å²) >= 11 is 0. The highest BCUT2D eigenvalue weighted by molar-refractivity contribution is 5.12. The smallest absolute Gasteiger partial charge is 0.252 e. The molecule has 1 aromatic rings. The molecule has 66 valence electrons. The summed E-state index contributed by atoms with van der Waals surface area (Å²) in [6.07, 6.45) is 1.64. The summed E-state index contributed by atoms with van der Waals surface area (Å²) in [5.74, 6) is 0. The minimum Gasteiger partial charge on any atom is -0.329 e. The average molecular weight is 166 g/mol. The summed E-state index contributed by atoms with van der Waals surface area (Å²) in [6.45, 7) is 4.87. The SMILES string of the molecule is CCNC(C)c1ccc[nH]c1=O. The summed E-state index contributed by atoms with van der Waals surface area (Å²) in [4.78, 5) is 13.9. The van der Waals surface area contributed by atoms with Gasteiger partial charge in [-0.15, -0.1) is 0 Å². The minimum atomic E-state index is -0.00838. The highest BCUT2D eigenvalue weighted by atomic mass is 16.1. The molecule has 0 spiro atoms. The van der Waals surface area contributed by atoms with Crippen molar-refractivity contribution < 1.29 is 0 Å². The Morgan fingerprint density at radius 3 is 3.00 bits per heavy atom. The maximum absolute atomic E-state index is 11.2. The van der Waals surface area contributed by atoms with Crippen molar-refractivity contribution in [1.82, 2.24) is 10.3 Å². The number of nitrogens with one attached hydrogen (secondary N) is 2. The van der Waals surface area contributed by atoms with Crippen molar-refractivity contribution in [3.63, 3.8) is 0 Å². The first kappa shape index (κ1) is 9.00. The zero-order valence-electron chi connectivity index (χ0n) is 7.42. The molecule has 0 aromatic carbocycles. The Hall–Kier alpha value is -1.09. The molecule has 1 unspecified atom stereocenters. The second-order valence-electron chi connectivity index (χ2n) is 2.73. The third-order valence-corrected chi connectivity index (χ3v) is 1.83. The van der Waals surface area contributed by atoms with Crippen molar-refractivity contribution in [3.05, 3.63) is 34.2 Å². The average Bonchev–Trinajstić information content (AvgIpc) is 2.05. The predicted octanol–water partition coefficient (Wildman–Crippen LogP) is 1.05. The van der Waals surface area contributed by atoms with Gasteiger partial charge in [-0.1, -0.05) is 13.0 Å². The standard InChI is InChI=1S/C9H14N2O/c1-3-10-7(2)8-5-4-6-11-9(8)12/h4-7,10H,3H2,1-2H3,(H,11,12). The molecule has 0 bridgehead atoms. The summed E-state index contributed by atoms with van der Waals surface area (Å²) in [5, 5.41) is 3.18. The van der Waals surface area contributed by atoms with Gasteiger partial charge in [-0.3, -0.25) is 4.79 Å². The fourth-order valence-electron chi connectivity index (χ4n) is 1.19. The van der Waals surface area contributed by atoms with Crippen molar-refractivity contribution in [2.75, 3.05) is 6.54 Å². The van der Waals surface area contributed by atoms with Gasteiger partial charge in [0.2, 0.25) is 0 Å². The van der Waals surface area contributed by atoms with Gasteiger partial charge in [0.25, 0.3) is 5.56 Å². The van der Waals surface area contributed by atoms with Gasteiger partial charge in [-0.2, -0.15) is 0 Å². The van der Waals surface area contributed by atoms with E-state index in [2.05, 4.69) is 10.3 Å². The number of aromatic nitrogens is 1. The van der Waals surface area contributed by atoms with Crippen LogP contribution in [0.5, 0.6) is 0 Å². The second kappa shape index (κ2) is 4.07. The maximum Gasteiger partial charge on any atom is 0.252 e. The van der Waals surface area contributed by atoms with E-state index in [1.165, 1.54) is 0 Å². The van der Waals surface area contributed by atoms with E-state index < -0.39 is 0 Å². The van der Waals surface area contributed by atoms with Gasteiger partial charge in [-0.05, 0) is 19.5 Å².